The van der Waals surface area contributed by atoms with Crippen LogP contribution in [0.3, 0.4) is 0 Å². The van der Waals surface area contributed by atoms with Gasteiger partial charge in [0, 0.05) is 19.5 Å². The fraction of sp³-hybridized carbons (Fsp3) is 0.867. The van der Waals surface area contributed by atoms with Gasteiger partial charge in [-0.1, -0.05) is 13.3 Å². The second-order valence-corrected chi connectivity index (χ2v) is 6.48. The van der Waals surface area contributed by atoms with E-state index in [1.165, 1.54) is 0 Å². The Morgan fingerprint density at radius 1 is 1.42 bits per heavy atom. The van der Waals surface area contributed by atoms with Gasteiger partial charge in [0.1, 0.15) is 0 Å². The van der Waals surface area contributed by atoms with Crippen LogP contribution in [0, 0.1) is 22.2 Å². The first kappa shape index (κ1) is 14.3. The Balaban J connectivity index is 2.00. The molecule has 4 nitrogen and oxygen atoms in total. The maximum absolute atomic E-state index is 11.6. The van der Waals surface area contributed by atoms with Crippen LogP contribution in [-0.2, 0) is 4.79 Å². The summed E-state index contributed by atoms with van der Waals surface area (Å²) in [6.45, 7) is 4.64. The van der Waals surface area contributed by atoms with Crippen LogP contribution in [0.2, 0.25) is 0 Å². The summed E-state index contributed by atoms with van der Waals surface area (Å²) in [4.78, 5) is 13.9. The minimum absolute atomic E-state index is 0.183. The summed E-state index contributed by atoms with van der Waals surface area (Å²) in [6, 6.07) is 2.29. The zero-order valence-corrected chi connectivity index (χ0v) is 11.8. The van der Waals surface area contributed by atoms with Crippen molar-refractivity contribution in [1.29, 1.82) is 5.26 Å². The zero-order valence-electron chi connectivity index (χ0n) is 11.8. The molecular weight excluding hydrogens is 240 g/mol. The maximum atomic E-state index is 11.6. The first-order chi connectivity index (χ1) is 9.06. The third-order valence-electron chi connectivity index (χ3n) is 4.81. The number of hydrogen-bond acceptors (Lipinski definition) is 3. The molecule has 1 N–H and O–H groups in total. The summed E-state index contributed by atoms with van der Waals surface area (Å²) < 4.78 is 0. The van der Waals surface area contributed by atoms with E-state index in [9.17, 15) is 9.90 Å². The van der Waals surface area contributed by atoms with Crippen LogP contribution in [0.1, 0.15) is 51.9 Å². The molecule has 106 valence electrons. The van der Waals surface area contributed by atoms with E-state index in [0.29, 0.717) is 13.0 Å². The van der Waals surface area contributed by atoms with E-state index in [0.717, 1.165) is 51.6 Å². The van der Waals surface area contributed by atoms with Gasteiger partial charge < -0.3 is 10.0 Å². The van der Waals surface area contributed by atoms with Gasteiger partial charge in [-0.15, -0.1) is 0 Å². The molecule has 1 aliphatic carbocycles. The molecule has 4 heteroatoms. The van der Waals surface area contributed by atoms with Crippen LogP contribution in [-0.4, -0.2) is 35.6 Å². The number of nitrogens with zero attached hydrogens (tertiary/aromatic N) is 2. The first-order valence-electron chi connectivity index (χ1n) is 7.39. The molecule has 1 saturated heterocycles. The third kappa shape index (κ3) is 3.09. The Morgan fingerprint density at radius 3 is 2.68 bits per heavy atom. The highest BCUT2D eigenvalue weighted by Crippen LogP contribution is 2.50. The minimum atomic E-state index is -0.635. The molecule has 1 atom stereocenters. The van der Waals surface area contributed by atoms with Crippen molar-refractivity contribution in [3.63, 3.8) is 0 Å². The molecular formula is C15H24N2O2. The SMILES string of the molecule is CCCC1(C(=O)O)CCCN(CC2(CC#N)CC2)C1. The number of rotatable bonds is 6. The quantitative estimate of drug-likeness (QED) is 0.801. The lowest BCUT2D eigenvalue weighted by Crippen LogP contribution is -2.49. The number of carboxylic acids is 1. The van der Waals surface area contributed by atoms with Crippen LogP contribution < -0.4 is 0 Å². The lowest BCUT2D eigenvalue weighted by molar-refractivity contribution is -0.153. The van der Waals surface area contributed by atoms with E-state index < -0.39 is 11.4 Å². The standard InChI is InChI=1S/C15H24N2O2/c1-2-4-15(13(18)19)5-3-10-17(12-15)11-14(6-7-14)8-9-16/h2-8,10-12H2,1H3,(H,18,19). The van der Waals surface area contributed by atoms with E-state index >= 15 is 0 Å². The highest BCUT2D eigenvalue weighted by atomic mass is 16.4. The van der Waals surface area contributed by atoms with Gasteiger partial charge in [0.25, 0.3) is 0 Å². The number of aliphatic carboxylic acids is 1. The van der Waals surface area contributed by atoms with E-state index in [-0.39, 0.29) is 5.41 Å². The average molecular weight is 264 g/mol. The molecule has 1 saturated carbocycles. The molecule has 2 aliphatic rings. The molecule has 0 radical (unpaired) electrons. The van der Waals surface area contributed by atoms with Gasteiger partial charge in [0.05, 0.1) is 11.5 Å². The molecule has 0 aromatic carbocycles. The number of piperidine rings is 1. The third-order valence-corrected chi connectivity index (χ3v) is 4.81. The second-order valence-electron chi connectivity index (χ2n) is 6.48. The molecule has 19 heavy (non-hydrogen) atoms. The minimum Gasteiger partial charge on any atom is -0.481 e. The number of hydrogen-bond donors (Lipinski definition) is 1. The molecule has 0 amide bonds. The van der Waals surface area contributed by atoms with Crippen molar-refractivity contribution in [1.82, 2.24) is 4.90 Å². The number of carboxylic acid groups (broad SMARTS) is 1. The predicted octanol–water partition coefficient (Wildman–Crippen LogP) is 2.65. The zero-order chi connectivity index (χ0) is 13.9. The van der Waals surface area contributed by atoms with Crippen molar-refractivity contribution < 1.29 is 9.90 Å². The monoisotopic (exact) mass is 264 g/mol. The van der Waals surface area contributed by atoms with E-state index in [1.807, 2.05) is 0 Å². The van der Waals surface area contributed by atoms with Gasteiger partial charge in [-0.05, 0) is 44.1 Å². The molecule has 1 heterocycles. The largest absolute Gasteiger partial charge is 0.481 e. The van der Waals surface area contributed by atoms with Gasteiger partial charge in [-0.3, -0.25) is 4.79 Å². The summed E-state index contributed by atoms with van der Waals surface area (Å²) in [5.74, 6) is -0.635. The van der Waals surface area contributed by atoms with E-state index in [2.05, 4.69) is 17.9 Å². The number of nitriles is 1. The summed E-state index contributed by atoms with van der Waals surface area (Å²) in [6.07, 6.45) is 6.34. The fourth-order valence-corrected chi connectivity index (χ4v) is 3.54. The van der Waals surface area contributed by atoms with Crippen molar-refractivity contribution >= 4 is 5.97 Å². The number of carbonyl (C=O) groups is 1. The van der Waals surface area contributed by atoms with Crippen molar-refractivity contribution in [3.8, 4) is 6.07 Å². The average Bonchev–Trinajstić information content (AvgIpc) is 3.10. The van der Waals surface area contributed by atoms with Crippen LogP contribution in [0.5, 0.6) is 0 Å². The van der Waals surface area contributed by atoms with Gasteiger partial charge in [-0.2, -0.15) is 5.26 Å². The first-order valence-corrected chi connectivity index (χ1v) is 7.39. The van der Waals surface area contributed by atoms with E-state index in [4.69, 9.17) is 5.26 Å². The lowest BCUT2D eigenvalue weighted by Gasteiger charge is -2.41. The Hall–Kier alpha value is -1.08. The fourth-order valence-electron chi connectivity index (χ4n) is 3.54. The molecule has 0 spiro atoms. The van der Waals surface area contributed by atoms with Crippen LogP contribution >= 0.6 is 0 Å². The normalized spacial score (nSPS) is 29.7. The lowest BCUT2D eigenvalue weighted by atomic mass is 9.76. The van der Waals surface area contributed by atoms with Crippen LogP contribution in [0.4, 0.5) is 0 Å². The molecule has 0 aromatic heterocycles. The van der Waals surface area contributed by atoms with Gasteiger partial charge in [0.15, 0.2) is 0 Å². The van der Waals surface area contributed by atoms with Crippen molar-refractivity contribution in [2.75, 3.05) is 19.6 Å². The topological polar surface area (TPSA) is 64.3 Å². The molecule has 0 aromatic rings. The van der Waals surface area contributed by atoms with Gasteiger partial charge in [-0.25, -0.2) is 0 Å². The Labute approximate surface area is 115 Å². The van der Waals surface area contributed by atoms with Crippen LogP contribution in [0.15, 0.2) is 0 Å². The van der Waals surface area contributed by atoms with Crippen molar-refractivity contribution in [3.05, 3.63) is 0 Å². The van der Waals surface area contributed by atoms with Gasteiger partial charge >= 0.3 is 5.97 Å². The predicted molar refractivity (Wildman–Crippen MR) is 72.5 cm³/mol. The molecule has 1 unspecified atom stereocenters. The Bertz CT molecular complexity index is 380. The molecule has 0 bridgehead atoms. The Morgan fingerprint density at radius 2 is 2.16 bits per heavy atom. The van der Waals surface area contributed by atoms with Gasteiger partial charge in [0.2, 0.25) is 0 Å². The summed E-state index contributed by atoms with van der Waals surface area (Å²) >= 11 is 0. The van der Waals surface area contributed by atoms with Crippen molar-refractivity contribution in [2.24, 2.45) is 10.8 Å². The van der Waals surface area contributed by atoms with Crippen LogP contribution in [0.25, 0.3) is 0 Å². The smallest absolute Gasteiger partial charge is 0.310 e. The summed E-state index contributed by atoms with van der Waals surface area (Å²) in [5, 5.41) is 18.5. The highest BCUT2D eigenvalue weighted by molar-refractivity contribution is 5.75. The Kier molecular flexibility index (Phi) is 4.15. The van der Waals surface area contributed by atoms with Crippen molar-refractivity contribution in [2.45, 2.75) is 51.9 Å². The molecule has 1 aliphatic heterocycles. The summed E-state index contributed by atoms with van der Waals surface area (Å²) in [5.41, 5.74) is -0.363. The summed E-state index contributed by atoms with van der Waals surface area (Å²) in [7, 11) is 0. The number of likely N-dealkylation sites (tertiary alicyclic amines) is 1. The highest BCUT2D eigenvalue weighted by Gasteiger charge is 2.47. The molecule has 2 fully saturated rings. The maximum Gasteiger partial charge on any atom is 0.310 e. The molecule has 2 rings (SSSR count). The van der Waals surface area contributed by atoms with E-state index in [1.54, 1.807) is 0 Å². The second kappa shape index (κ2) is 5.50.